The quantitative estimate of drug-likeness (QED) is 0.732. The Morgan fingerprint density at radius 3 is 2.31 bits per heavy atom. The van der Waals surface area contributed by atoms with Crippen molar-refractivity contribution in [3.63, 3.8) is 0 Å². The summed E-state index contributed by atoms with van der Waals surface area (Å²) in [6.45, 7) is 9.58. The van der Waals surface area contributed by atoms with Crippen molar-refractivity contribution in [2.45, 2.75) is 39.7 Å². The van der Waals surface area contributed by atoms with Crippen LogP contribution >= 0.6 is 0 Å². The summed E-state index contributed by atoms with van der Waals surface area (Å²) in [5.41, 5.74) is 0. The molecule has 3 heteroatoms. The summed E-state index contributed by atoms with van der Waals surface area (Å²) in [5.74, 6) is 2.15. The second kappa shape index (κ2) is 4.74. The Morgan fingerprint density at radius 2 is 1.81 bits per heavy atom. The first-order valence-corrected chi connectivity index (χ1v) is 6.60. The van der Waals surface area contributed by atoms with E-state index < -0.39 is 0 Å². The standard InChI is InChI=1S/C13H24N2O/c1-9-6-10(2)8-15(7-9)13(16)12-11(3)4-5-14-12/h9-12,14H,4-8H2,1-3H3. The van der Waals surface area contributed by atoms with E-state index in [-0.39, 0.29) is 6.04 Å². The van der Waals surface area contributed by atoms with Gasteiger partial charge in [-0.1, -0.05) is 20.8 Å². The van der Waals surface area contributed by atoms with Gasteiger partial charge in [0, 0.05) is 13.1 Å². The molecule has 0 aromatic carbocycles. The molecule has 0 spiro atoms. The number of amides is 1. The number of nitrogens with one attached hydrogen (secondary N) is 1. The van der Waals surface area contributed by atoms with Crippen LogP contribution in [0.5, 0.6) is 0 Å². The largest absolute Gasteiger partial charge is 0.341 e. The highest BCUT2D eigenvalue weighted by Crippen LogP contribution is 2.24. The minimum absolute atomic E-state index is 0.0810. The summed E-state index contributed by atoms with van der Waals surface area (Å²) in [4.78, 5) is 14.4. The Bertz CT molecular complexity index is 257. The van der Waals surface area contributed by atoms with Gasteiger partial charge in [0.05, 0.1) is 6.04 Å². The fourth-order valence-electron chi connectivity index (χ4n) is 3.20. The molecule has 0 radical (unpaired) electrons. The van der Waals surface area contributed by atoms with Crippen LogP contribution in [-0.2, 0) is 4.79 Å². The Hall–Kier alpha value is -0.570. The molecule has 4 atom stereocenters. The van der Waals surface area contributed by atoms with E-state index in [9.17, 15) is 4.79 Å². The van der Waals surface area contributed by atoms with E-state index >= 15 is 0 Å². The average Bonchev–Trinajstić information content (AvgIpc) is 2.62. The number of nitrogens with zero attached hydrogens (tertiary/aromatic N) is 1. The predicted molar refractivity (Wildman–Crippen MR) is 65.1 cm³/mol. The van der Waals surface area contributed by atoms with E-state index in [1.54, 1.807) is 0 Å². The summed E-state index contributed by atoms with van der Waals surface area (Å²) in [7, 11) is 0. The molecule has 1 N–H and O–H groups in total. The molecule has 0 bridgehead atoms. The normalized spacial score (nSPS) is 40.1. The van der Waals surface area contributed by atoms with Gasteiger partial charge in [-0.25, -0.2) is 0 Å². The summed E-state index contributed by atoms with van der Waals surface area (Å²) in [6.07, 6.45) is 2.40. The lowest BCUT2D eigenvalue weighted by Crippen LogP contribution is -2.50. The predicted octanol–water partition coefficient (Wildman–Crippen LogP) is 1.49. The van der Waals surface area contributed by atoms with Gasteiger partial charge in [-0.3, -0.25) is 4.79 Å². The fraction of sp³-hybridized carbons (Fsp3) is 0.923. The summed E-state index contributed by atoms with van der Waals surface area (Å²) < 4.78 is 0. The lowest BCUT2D eigenvalue weighted by Gasteiger charge is -2.37. The molecule has 2 aliphatic heterocycles. The van der Waals surface area contributed by atoms with Crippen molar-refractivity contribution in [3.8, 4) is 0 Å². The molecule has 3 nitrogen and oxygen atoms in total. The molecule has 2 saturated heterocycles. The molecule has 2 aliphatic rings. The van der Waals surface area contributed by atoms with Gasteiger partial charge in [0.25, 0.3) is 0 Å². The smallest absolute Gasteiger partial charge is 0.239 e. The Kier molecular flexibility index (Phi) is 3.53. The Morgan fingerprint density at radius 1 is 1.19 bits per heavy atom. The van der Waals surface area contributed by atoms with Crippen LogP contribution in [0.25, 0.3) is 0 Å². The number of carbonyl (C=O) groups excluding carboxylic acids is 1. The molecule has 16 heavy (non-hydrogen) atoms. The highest BCUT2D eigenvalue weighted by Gasteiger charge is 2.35. The first kappa shape index (κ1) is 11.9. The zero-order chi connectivity index (χ0) is 11.7. The van der Waals surface area contributed by atoms with Gasteiger partial charge in [0.15, 0.2) is 0 Å². The zero-order valence-electron chi connectivity index (χ0n) is 10.7. The third-order valence-electron chi connectivity index (χ3n) is 3.98. The molecule has 0 aromatic rings. The average molecular weight is 224 g/mol. The first-order valence-electron chi connectivity index (χ1n) is 6.60. The summed E-state index contributed by atoms with van der Waals surface area (Å²) in [6, 6.07) is 0.0810. The van der Waals surface area contributed by atoms with Crippen molar-refractivity contribution in [2.24, 2.45) is 17.8 Å². The Balaban J connectivity index is 1.98. The van der Waals surface area contributed by atoms with Crippen molar-refractivity contribution >= 4 is 5.91 Å². The number of hydrogen-bond donors (Lipinski definition) is 1. The van der Waals surface area contributed by atoms with Crippen LogP contribution < -0.4 is 5.32 Å². The lowest BCUT2D eigenvalue weighted by atomic mass is 9.91. The second-order valence-electron chi connectivity index (χ2n) is 5.89. The van der Waals surface area contributed by atoms with Gasteiger partial charge in [0.2, 0.25) is 5.91 Å². The fourth-order valence-corrected chi connectivity index (χ4v) is 3.20. The highest BCUT2D eigenvalue weighted by atomic mass is 16.2. The van der Waals surface area contributed by atoms with E-state index in [2.05, 4.69) is 31.0 Å². The molecule has 2 heterocycles. The van der Waals surface area contributed by atoms with Crippen molar-refractivity contribution in [2.75, 3.05) is 19.6 Å². The minimum atomic E-state index is 0.0810. The van der Waals surface area contributed by atoms with E-state index in [1.807, 2.05) is 0 Å². The third kappa shape index (κ3) is 2.40. The molecule has 0 saturated carbocycles. The van der Waals surface area contributed by atoms with Crippen molar-refractivity contribution < 1.29 is 4.79 Å². The van der Waals surface area contributed by atoms with Crippen LogP contribution in [0.3, 0.4) is 0 Å². The topological polar surface area (TPSA) is 32.3 Å². The SMILES string of the molecule is CC1CC(C)CN(C(=O)C2NCCC2C)C1. The van der Waals surface area contributed by atoms with Crippen LogP contribution in [-0.4, -0.2) is 36.5 Å². The van der Waals surface area contributed by atoms with Crippen molar-refractivity contribution in [1.82, 2.24) is 10.2 Å². The number of rotatable bonds is 1. The number of piperidine rings is 1. The number of likely N-dealkylation sites (tertiary alicyclic amines) is 1. The molecular weight excluding hydrogens is 200 g/mol. The first-order chi connectivity index (χ1) is 7.58. The number of hydrogen-bond acceptors (Lipinski definition) is 2. The van der Waals surface area contributed by atoms with Crippen LogP contribution in [0.2, 0.25) is 0 Å². The maximum absolute atomic E-state index is 12.4. The van der Waals surface area contributed by atoms with Gasteiger partial charge >= 0.3 is 0 Å². The van der Waals surface area contributed by atoms with E-state index in [4.69, 9.17) is 0 Å². The maximum Gasteiger partial charge on any atom is 0.239 e. The van der Waals surface area contributed by atoms with E-state index in [0.29, 0.717) is 23.7 Å². The van der Waals surface area contributed by atoms with Crippen molar-refractivity contribution in [3.05, 3.63) is 0 Å². The minimum Gasteiger partial charge on any atom is -0.341 e. The highest BCUT2D eigenvalue weighted by molar-refractivity contribution is 5.82. The number of carbonyl (C=O) groups is 1. The van der Waals surface area contributed by atoms with Crippen LogP contribution in [0.4, 0.5) is 0 Å². The third-order valence-corrected chi connectivity index (χ3v) is 3.98. The molecule has 0 aromatic heterocycles. The molecule has 1 amide bonds. The summed E-state index contributed by atoms with van der Waals surface area (Å²) in [5, 5.41) is 3.34. The van der Waals surface area contributed by atoms with Crippen molar-refractivity contribution in [1.29, 1.82) is 0 Å². The molecule has 92 valence electrons. The Labute approximate surface area is 98.6 Å². The monoisotopic (exact) mass is 224 g/mol. The summed E-state index contributed by atoms with van der Waals surface area (Å²) >= 11 is 0. The van der Waals surface area contributed by atoms with Gasteiger partial charge in [-0.05, 0) is 37.1 Å². The molecule has 2 fully saturated rings. The zero-order valence-corrected chi connectivity index (χ0v) is 10.7. The second-order valence-corrected chi connectivity index (χ2v) is 5.89. The molecule has 2 rings (SSSR count). The van der Waals surface area contributed by atoms with Gasteiger partial charge in [-0.15, -0.1) is 0 Å². The molecule has 0 aliphatic carbocycles. The van der Waals surface area contributed by atoms with Crippen LogP contribution in [0.1, 0.15) is 33.6 Å². The van der Waals surface area contributed by atoms with E-state index in [1.165, 1.54) is 6.42 Å². The van der Waals surface area contributed by atoms with Gasteiger partial charge in [-0.2, -0.15) is 0 Å². The van der Waals surface area contributed by atoms with Crippen LogP contribution in [0.15, 0.2) is 0 Å². The van der Waals surface area contributed by atoms with Gasteiger partial charge < -0.3 is 10.2 Å². The lowest BCUT2D eigenvalue weighted by molar-refractivity contribution is -0.136. The van der Waals surface area contributed by atoms with Crippen LogP contribution in [0, 0.1) is 17.8 Å². The van der Waals surface area contributed by atoms with Gasteiger partial charge in [0.1, 0.15) is 0 Å². The maximum atomic E-state index is 12.4. The van der Waals surface area contributed by atoms with E-state index in [0.717, 1.165) is 26.1 Å². The molecular formula is C13H24N2O. The molecule has 4 unspecified atom stereocenters.